The van der Waals surface area contributed by atoms with Gasteiger partial charge in [0.25, 0.3) is 0 Å². The molecule has 3 aromatic rings. The van der Waals surface area contributed by atoms with E-state index in [0.717, 1.165) is 0 Å². The maximum absolute atomic E-state index is 13.0. The molecule has 3 rings (SSSR count). The lowest BCUT2D eigenvalue weighted by Gasteiger charge is -2.01. The molecule has 0 aliphatic carbocycles. The SMILES string of the molecule is NCc1oc(-c2ccc(F)cc2)nc1S(=O)(=O)c1ccccc1. The van der Waals surface area contributed by atoms with Crippen molar-refractivity contribution in [2.24, 2.45) is 5.73 Å². The van der Waals surface area contributed by atoms with Gasteiger partial charge in [0.2, 0.25) is 20.8 Å². The minimum atomic E-state index is -3.84. The fraction of sp³-hybridized carbons (Fsp3) is 0.0625. The van der Waals surface area contributed by atoms with Crippen LogP contribution in [0.3, 0.4) is 0 Å². The summed E-state index contributed by atoms with van der Waals surface area (Å²) < 4.78 is 43.8. The smallest absolute Gasteiger partial charge is 0.227 e. The van der Waals surface area contributed by atoms with Crippen LogP contribution in [-0.4, -0.2) is 13.4 Å². The van der Waals surface area contributed by atoms with Gasteiger partial charge in [-0.25, -0.2) is 12.8 Å². The average Bonchev–Trinajstić information content (AvgIpc) is 3.01. The number of nitrogens with zero attached hydrogens (tertiary/aromatic N) is 1. The number of oxazole rings is 1. The van der Waals surface area contributed by atoms with E-state index >= 15 is 0 Å². The van der Waals surface area contributed by atoms with Crippen molar-refractivity contribution in [2.75, 3.05) is 0 Å². The molecule has 0 amide bonds. The van der Waals surface area contributed by atoms with Crippen LogP contribution < -0.4 is 5.73 Å². The van der Waals surface area contributed by atoms with Crippen LogP contribution in [0.5, 0.6) is 0 Å². The number of rotatable bonds is 4. The van der Waals surface area contributed by atoms with Gasteiger partial charge in [-0.05, 0) is 36.4 Å². The van der Waals surface area contributed by atoms with E-state index in [0.29, 0.717) is 5.56 Å². The molecule has 0 spiro atoms. The van der Waals surface area contributed by atoms with Crippen molar-refractivity contribution in [3.63, 3.8) is 0 Å². The molecule has 0 bridgehead atoms. The van der Waals surface area contributed by atoms with Gasteiger partial charge in [0.05, 0.1) is 11.4 Å². The van der Waals surface area contributed by atoms with Crippen molar-refractivity contribution in [2.45, 2.75) is 16.5 Å². The van der Waals surface area contributed by atoms with Crippen molar-refractivity contribution < 1.29 is 17.2 Å². The van der Waals surface area contributed by atoms with Gasteiger partial charge in [-0.2, -0.15) is 4.98 Å². The van der Waals surface area contributed by atoms with Crippen molar-refractivity contribution in [1.29, 1.82) is 0 Å². The van der Waals surface area contributed by atoms with E-state index in [-0.39, 0.29) is 28.1 Å². The quantitative estimate of drug-likeness (QED) is 0.794. The van der Waals surface area contributed by atoms with Gasteiger partial charge < -0.3 is 10.2 Å². The highest BCUT2D eigenvalue weighted by Crippen LogP contribution is 2.28. The van der Waals surface area contributed by atoms with E-state index in [1.54, 1.807) is 18.2 Å². The summed E-state index contributed by atoms with van der Waals surface area (Å²) in [6.07, 6.45) is 0. The summed E-state index contributed by atoms with van der Waals surface area (Å²) in [6.45, 7) is -0.115. The van der Waals surface area contributed by atoms with Gasteiger partial charge in [0, 0.05) is 5.56 Å². The fourth-order valence-electron chi connectivity index (χ4n) is 2.10. The van der Waals surface area contributed by atoms with Crippen LogP contribution in [0.2, 0.25) is 0 Å². The predicted octanol–water partition coefficient (Wildman–Crippen LogP) is 2.77. The Kier molecular flexibility index (Phi) is 3.97. The molecular formula is C16H13FN2O3S. The first kappa shape index (κ1) is 15.4. The lowest BCUT2D eigenvalue weighted by atomic mass is 10.2. The normalized spacial score (nSPS) is 11.6. The van der Waals surface area contributed by atoms with Crippen molar-refractivity contribution >= 4 is 9.84 Å². The molecule has 0 fully saturated rings. The lowest BCUT2D eigenvalue weighted by molar-refractivity contribution is 0.510. The van der Waals surface area contributed by atoms with E-state index in [1.807, 2.05) is 0 Å². The summed E-state index contributed by atoms with van der Waals surface area (Å²) in [4.78, 5) is 4.18. The van der Waals surface area contributed by atoms with E-state index in [2.05, 4.69) is 4.98 Å². The number of benzene rings is 2. The zero-order chi connectivity index (χ0) is 16.4. The standard InChI is InChI=1S/C16H13FN2O3S/c17-12-8-6-11(7-9-12)15-19-16(14(10-18)22-15)23(20,21)13-4-2-1-3-5-13/h1-9H,10,18H2. The van der Waals surface area contributed by atoms with E-state index in [1.165, 1.54) is 36.4 Å². The van der Waals surface area contributed by atoms with Crippen LogP contribution in [0, 0.1) is 5.82 Å². The number of hydrogen-bond donors (Lipinski definition) is 1. The second-order valence-corrected chi connectivity index (χ2v) is 6.64. The Hall–Kier alpha value is -2.51. The van der Waals surface area contributed by atoms with Gasteiger partial charge in [0.15, 0.2) is 5.76 Å². The predicted molar refractivity (Wildman–Crippen MR) is 81.7 cm³/mol. The molecule has 1 aromatic heterocycles. The highest BCUT2D eigenvalue weighted by Gasteiger charge is 2.27. The zero-order valence-corrected chi connectivity index (χ0v) is 12.8. The Labute approximate surface area is 132 Å². The Morgan fingerprint density at radius 2 is 1.70 bits per heavy atom. The molecule has 0 saturated heterocycles. The Morgan fingerprint density at radius 1 is 1.04 bits per heavy atom. The summed E-state index contributed by atoms with van der Waals surface area (Å²) >= 11 is 0. The van der Waals surface area contributed by atoms with Crippen molar-refractivity contribution in [3.05, 3.63) is 66.2 Å². The van der Waals surface area contributed by atoms with Gasteiger partial charge >= 0.3 is 0 Å². The number of halogens is 1. The summed E-state index contributed by atoms with van der Waals surface area (Å²) in [6, 6.07) is 13.3. The summed E-state index contributed by atoms with van der Waals surface area (Å²) in [5, 5.41) is -0.217. The van der Waals surface area contributed by atoms with Crippen LogP contribution in [0.1, 0.15) is 5.76 Å². The minimum Gasteiger partial charge on any atom is -0.438 e. The molecule has 0 saturated carbocycles. The van der Waals surface area contributed by atoms with Crippen LogP contribution in [0.25, 0.3) is 11.5 Å². The van der Waals surface area contributed by atoms with E-state index < -0.39 is 15.7 Å². The number of hydrogen-bond acceptors (Lipinski definition) is 5. The molecule has 23 heavy (non-hydrogen) atoms. The summed E-state index contributed by atoms with van der Waals surface area (Å²) in [7, 11) is -3.84. The molecule has 0 radical (unpaired) electrons. The highest BCUT2D eigenvalue weighted by atomic mass is 32.2. The molecule has 7 heteroatoms. The third kappa shape index (κ3) is 2.88. The third-order valence-electron chi connectivity index (χ3n) is 3.25. The average molecular weight is 332 g/mol. The number of nitrogens with two attached hydrogens (primary N) is 1. The first-order valence-corrected chi connectivity index (χ1v) is 8.26. The molecule has 0 aliphatic rings. The zero-order valence-electron chi connectivity index (χ0n) is 11.9. The largest absolute Gasteiger partial charge is 0.438 e. The molecule has 118 valence electrons. The first-order chi connectivity index (χ1) is 11.0. The topological polar surface area (TPSA) is 86.2 Å². The van der Waals surface area contributed by atoms with Crippen LogP contribution in [0.15, 0.2) is 68.9 Å². The van der Waals surface area contributed by atoms with Crippen LogP contribution >= 0.6 is 0 Å². The van der Waals surface area contributed by atoms with Gasteiger partial charge in [0.1, 0.15) is 5.82 Å². The maximum Gasteiger partial charge on any atom is 0.227 e. The molecule has 0 aliphatic heterocycles. The fourth-order valence-corrected chi connectivity index (χ4v) is 3.47. The van der Waals surface area contributed by atoms with E-state index in [9.17, 15) is 12.8 Å². The maximum atomic E-state index is 13.0. The first-order valence-electron chi connectivity index (χ1n) is 6.78. The molecule has 0 atom stereocenters. The van der Waals surface area contributed by atoms with Crippen molar-refractivity contribution in [1.82, 2.24) is 4.98 Å². The van der Waals surface area contributed by atoms with Gasteiger partial charge in [-0.1, -0.05) is 18.2 Å². The third-order valence-corrected chi connectivity index (χ3v) is 4.97. The summed E-state index contributed by atoms with van der Waals surface area (Å²) in [5.74, 6) is -0.260. The molecule has 0 unspecified atom stereocenters. The Morgan fingerprint density at radius 3 is 2.30 bits per heavy atom. The molecule has 5 nitrogen and oxygen atoms in total. The summed E-state index contributed by atoms with van der Waals surface area (Å²) in [5.41, 5.74) is 6.05. The van der Waals surface area contributed by atoms with Gasteiger partial charge in [-0.3, -0.25) is 0 Å². The molecule has 2 aromatic carbocycles. The minimum absolute atomic E-state index is 0.0631. The number of aromatic nitrogens is 1. The van der Waals surface area contributed by atoms with Crippen LogP contribution in [0.4, 0.5) is 4.39 Å². The molecular weight excluding hydrogens is 319 g/mol. The highest BCUT2D eigenvalue weighted by molar-refractivity contribution is 7.91. The lowest BCUT2D eigenvalue weighted by Crippen LogP contribution is -2.07. The van der Waals surface area contributed by atoms with E-state index in [4.69, 9.17) is 10.2 Å². The van der Waals surface area contributed by atoms with Crippen molar-refractivity contribution in [3.8, 4) is 11.5 Å². The molecule has 2 N–H and O–H groups in total. The second-order valence-electron chi connectivity index (χ2n) is 4.77. The Balaban J connectivity index is 2.12. The molecule has 1 heterocycles. The van der Waals surface area contributed by atoms with Gasteiger partial charge in [-0.15, -0.1) is 0 Å². The van der Waals surface area contributed by atoms with Crippen LogP contribution in [-0.2, 0) is 16.4 Å². The number of sulfone groups is 1. The second kappa shape index (κ2) is 5.94. The Bertz CT molecular complexity index is 920. The monoisotopic (exact) mass is 332 g/mol.